The average molecular weight is 565 g/mol. The molecule has 3 aromatic rings. The number of nitro benzene ring substituents is 1. The Morgan fingerprint density at radius 3 is 2.38 bits per heavy atom. The second kappa shape index (κ2) is 11.3. The first-order valence-corrected chi connectivity index (χ1v) is 14.4. The van der Waals surface area contributed by atoms with Crippen LogP contribution in [-0.2, 0) is 16.0 Å². The van der Waals surface area contributed by atoms with Gasteiger partial charge in [-0.25, -0.2) is 4.79 Å². The number of benzene rings is 3. The lowest BCUT2D eigenvalue weighted by atomic mass is 9.78. The van der Waals surface area contributed by atoms with Crippen molar-refractivity contribution in [1.82, 2.24) is 5.32 Å². The van der Waals surface area contributed by atoms with Crippen LogP contribution in [0.5, 0.6) is 5.75 Å². The zero-order chi connectivity index (χ0) is 29.3. The van der Waals surface area contributed by atoms with E-state index in [-0.39, 0.29) is 22.6 Å². The molecule has 4 fully saturated rings. The van der Waals surface area contributed by atoms with Gasteiger partial charge >= 0.3 is 5.97 Å². The lowest BCUT2D eigenvalue weighted by molar-refractivity contribution is -0.385. The van der Waals surface area contributed by atoms with Gasteiger partial charge in [0.25, 0.3) is 11.6 Å². The van der Waals surface area contributed by atoms with Crippen molar-refractivity contribution in [3.05, 3.63) is 105 Å². The van der Waals surface area contributed by atoms with Crippen LogP contribution in [-0.4, -0.2) is 33.5 Å². The summed E-state index contributed by atoms with van der Waals surface area (Å²) >= 11 is 0. The summed E-state index contributed by atoms with van der Waals surface area (Å²) in [6.07, 6.45) is 6.12. The Labute approximate surface area is 244 Å². The number of carbonyl (C=O) groups is 2. The highest BCUT2D eigenvalue weighted by Gasteiger charge is 2.58. The quantitative estimate of drug-likeness (QED) is 0.160. The molecule has 4 aliphatic carbocycles. The highest BCUT2D eigenvalue weighted by molar-refractivity contribution is 5.97. The smallest absolute Gasteiger partial charge is 0.329 e. The lowest BCUT2D eigenvalue weighted by Gasteiger charge is -2.38. The number of amides is 1. The molecule has 3 aromatic carbocycles. The third-order valence-corrected chi connectivity index (χ3v) is 9.00. The molecule has 2 N–H and O–H groups in total. The number of aryl methyl sites for hydroxylation is 1. The first-order chi connectivity index (χ1) is 20.3. The second-order valence-electron chi connectivity index (χ2n) is 11.9. The molecule has 42 heavy (non-hydrogen) atoms. The number of phenolic OH excluding ortho intramolecular Hbond substituents is 1. The fraction of sp³-hybridized carbons (Fsp3) is 0.353. The molecule has 0 radical (unpaired) electrons. The van der Waals surface area contributed by atoms with E-state index in [9.17, 15) is 24.8 Å². The Balaban J connectivity index is 1.22. The van der Waals surface area contributed by atoms with Crippen molar-refractivity contribution >= 4 is 17.6 Å². The Hall–Kier alpha value is -4.64. The summed E-state index contributed by atoms with van der Waals surface area (Å²) in [5.74, 6) is 6.65. The molecule has 0 aromatic heterocycles. The van der Waals surface area contributed by atoms with Gasteiger partial charge in [-0.05, 0) is 105 Å². The third-order valence-electron chi connectivity index (χ3n) is 9.00. The highest BCUT2D eigenvalue weighted by Crippen LogP contribution is 2.61. The van der Waals surface area contributed by atoms with Crippen molar-refractivity contribution < 1.29 is 24.4 Å². The minimum Gasteiger partial charge on any atom is -0.508 e. The predicted molar refractivity (Wildman–Crippen MR) is 156 cm³/mol. The van der Waals surface area contributed by atoms with Gasteiger partial charge in [-0.15, -0.1) is 0 Å². The van der Waals surface area contributed by atoms with Crippen LogP contribution in [0.3, 0.4) is 0 Å². The van der Waals surface area contributed by atoms with Gasteiger partial charge in [0.05, 0.1) is 4.92 Å². The number of phenols is 1. The number of hydrogen-bond acceptors (Lipinski definition) is 6. The monoisotopic (exact) mass is 564 g/mol. The highest BCUT2D eigenvalue weighted by atomic mass is 16.6. The Kier molecular flexibility index (Phi) is 7.42. The molecule has 0 saturated heterocycles. The van der Waals surface area contributed by atoms with Gasteiger partial charge in [-0.3, -0.25) is 14.9 Å². The van der Waals surface area contributed by atoms with E-state index in [2.05, 4.69) is 17.2 Å². The third kappa shape index (κ3) is 5.87. The van der Waals surface area contributed by atoms with Crippen molar-refractivity contribution in [2.75, 3.05) is 0 Å². The maximum absolute atomic E-state index is 13.6. The standard InChI is InChI=1S/C34H32N2O6/c37-29-12-7-23(8-13-29)6-10-25-18-26(11-15-31(25)36(40)41)32(38)35-30(14-9-22-4-2-1-3-5-22)33(39)42-34-19-24-16-27(20-34)28(17-24)21-34/h1-5,7-8,11-13,15,18,24,27-28,30,37H,9,14,16-17,19-21H2,(H,35,38)/t24?,27?,28?,30-,34?/m0/s1. The first kappa shape index (κ1) is 27.5. The average Bonchev–Trinajstić information content (AvgIpc) is 3.40. The molecule has 0 spiro atoms. The van der Waals surface area contributed by atoms with E-state index in [0.29, 0.717) is 36.2 Å². The Bertz CT molecular complexity index is 1550. The minimum atomic E-state index is -0.869. The fourth-order valence-electron chi connectivity index (χ4n) is 7.21. The van der Waals surface area contributed by atoms with E-state index < -0.39 is 28.4 Å². The van der Waals surface area contributed by atoms with Gasteiger partial charge < -0.3 is 15.2 Å². The summed E-state index contributed by atoms with van der Waals surface area (Å²) in [4.78, 5) is 38.2. The number of ether oxygens (including phenoxy) is 1. The van der Waals surface area contributed by atoms with Crippen LogP contribution in [0.4, 0.5) is 5.69 Å². The van der Waals surface area contributed by atoms with Crippen LogP contribution in [0.1, 0.15) is 65.6 Å². The van der Waals surface area contributed by atoms with E-state index >= 15 is 0 Å². The number of rotatable bonds is 8. The van der Waals surface area contributed by atoms with Crippen LogP contribution in [0.2, 0.25) is 0 Å². The normalized spacial score (nSPS) is 24.0. The van der Waals surface area contributed by atoms with Crippen LogP contribution in [0, 0.1) is 39.7 Å². The van der Waals surface area contributed by atoms with Gasteiger partial charge in [-0.2, -0.15) is 0 Å². The van der Waals surface area contributed by atoms with Gasteiger partial charge in [0.1, 0.15) is 23.0 Å². The molecule has 214 valence electrons. The van der Waals surface area contributed by atoms with Gasteiger partial charge in [-0.1, -0.05) is 42.2 Å². The molecule has 4 bridgehead atoms. The molecular formula is C34H32N2O6. The van der Waals surface area contributed by atoms with Crippen molar-refractivity contribution in [1.29, 1.82) is 0 Å². The molecule has 4 aliphatic rings. The summed E-state index contributed by atoms with van der Waals surface area (Å²) in [6.45, 7) is 0. The first-order valence-electron chi connectivity index (χ1n) is 14.4. The van der Waals surface area contributed by atoms with E-state index in [4.69, 9.17) is 4.74 Å². The van der Waals surface area contributed by atoms with E-state index in [1.165, 1.54) is 43.2 Å². The summed E-state index contributed by atoms with van der Waals surface area (Å²) < 4.78 is 6.25. The number of aromatic hydroxyl groups is 1. The maximum Gasteiger partial charge on any atom is 0.329 e. The summed E-state index contributed by atoms with van der Waals surface area (Å²) in [7, 11) is 0. The van der Waals surface area contributed by atoms with Crippen molar-refractivity contribution in [2.45, 2.75) is 56.6 Å². The van der Waals surface area contributed by atoms with E-state index in [1.54, 1.807) is 12.1 Å². The lowest BCUT2D eigenvalue weighted by Crippen LogP contribution is -2.47. The number of nitrogens with zero attached hydrogens (tertiary/aromatic N) is 1. The second-order valence-corrected chi connectivity index (χ2v) is 11.9. The largest absolute Gasteiger partial charge is 0.508 e. The number of hydrogen-bond donors (Lipinski definition) is 2. The zero-order valence-corrected chi connectivity index (χ0v) is 23.1. The maximum atomic E-state index is 13.6. The molecule has 0 heterocycles. The molecule has 8 heteroatoms. The molecule has 4 saturated carbocycles. The predicted octanol–water partition coefficient (Wildman–Crippen LogP) is 5.55. The van der Waals surface area contributed by atoms with Crippen LogP contribution < -0.4 is 5.32 Å². The zero-order valence-electron chi connectivity index (χ0n) is 23.1. The van der Waals surface area contributed by atoms with Crippen LogP contribution >= 0.6 is 0 Å². The summed E-state index contributed by atoms with van der Waals surface area (Å²) in [5, 5.41) is 24.0. The van der Waals surface area contributed by atoms with E-state index in [0.717, 1.165) is 24.8 Å². The van der Waals surface area contributed by atoms with Crippen molar-refractivity contribution in [3.63, 3.8) is 0 Å². The molecule has 8 nitrogen and oxygen atoms in total. The molecule has 0 aliphatic heterocycles. The molecule has 7 rings (SSSR count). The SMILES string of the molecule is O=C(N[C@@H](CCc1ccccc1)C(=O)OC12CC3CC(C1)C(C3)C2)c1ccc([N+](=O)[O-])c(C#Cc2ccc(O)cc2)c1. The van der Waals surface area contributed by atoms with Crippen molar-refractivity contribution in [2.24, 2.45) is 17.8 Å². The summed E-state index contributed by atoms with van der Waals surface area (Å²) in [6, 6.07) is 19.0. The van der Waals surface area contributed by atoms with E-state index in [1.807, 2.05) is 30.3 Å². The molecule has 2 unspecified atom stereocenters. The van der Waals surface area contributed by atoms with Gasteiger partial charge in [0.2, 0.25) is 0 Å². The number of carbonyl (C=O) groups excluding carboxylic acids is 2. The van der Waals surface area contributed by atoms with Crippen molar-refractivity contribution in [3.8, 4) is 17.6 Å². The Morgan fingerprint density at radius 2 is 1.71 bits per heavy atom. The fourth-order valence-corrected chi connectivity index (χ4v) is 7.21. The summed E-state index contributed by atoms with van der Waals surface area (Å²) in [5.41, 5.74) is 1.17. The number of nitrogens with one attached hydrogen (secondary N) is 1. The van der Waals surface area contributed by atoms with Gasteiger partial charge in [0.15, 0.2) is 0 Å². The van der Waals surface area contributed by atoms with Gasteiger partial charge in [0, 0.05) is 17.2 Å². The topological polar surface area (TPSA) is 119 Å². The number of nitro groups is 1. The Morgan fingerprint density at radius 1 is 1.00 bits per heavy atom. The number of esters is 1. The molecular weight excluding hydrogens is 532 g/mol. The molecule has 3 atom stereocenters. The van der Waals surface area contributed by atoms with Crippen LogP contribution in [0.25, 0.3) is 0 Å². The molecule has 1 amide bonds. The minimum absolute atomic E-state index is 0.0708. The van der Waals surface area contributed by atoms with Crippen LogP contribution in [0.15, 0.2) is 72.8 Å².